The Morgan fingerprint density at radius 2 is 1.80 bits per heavy atom. The summed E-state index contributed by atoms with van der Waals surface area (Å²) in [6, 6.07) is 8.02. The molecule has 1 saturated heterocycles. The number of benzene rings is 1. The summed E-state index contributed by atoms with van der Waals surface area (Å²) in [5.74, 6) is -0.176. The van der Waals surface area contributed by atoms with Crippen molar-refractivity contribution in [2.24, 2.45) is 0 Å². The monoisotopic (exact) mass is 337 g/mol. The smallest absolute Gasteiger partial charge is 0.322 e. The summed E-state index contributed by atoms with van der Waals surface area (Å²) >= 11 is 3.41. The minimum absolute atomic E-state index is 0.176. The lowest BCUT2D eigenvalue weighted by Gasteiger charge is -2.35. The molecule has 2 fully saturated rings. The van der Waals surface area contributed by atoms with Crippen LogP contribution in [-0.4, -0.2) is 23.5 Å². The Balaban J connectivity index is 1.60. The first kappa shape index (κ1) is 13.4. The van der Waals surface area contributed by atoms with Crippen LogP contribution in [0.5, 0.6) is 0 Å². The van der Waals surface area contributed by atoms with Gasteiger partial charge in [0.1, 0.15) is 5.54 Å². The highest BCUT2D eigenvalue weighted by atomic mass is 79.9. The number of imide groups is 1. The van der Waals surface area contributed by atoms with Gasteiger partial charge in [-0.15, -0.1) is 0 Å². The van der Waals surface area contributed by atoms with E-state index in [0.717, 1.165) is 23.0 Å². The highest BCUT2D eigenvalue weighted by molar-refractivity contribution is 9.10. The van der Waals surface area contributed by atoms with Crippen molar-refractivity contribution in [3.63, 3.8) is 0 Å². The maximum Gasteiger partial charge on any atom is 0.322 e. The van der Waals surface area contributed by atoms with Gasteiger partial charge in [-0.2, -0.15) is 0 Å². The third kappa shape index (κ3) is 2.52. The quantitative estimate of drug-likeness (QED) is 0.725. The van der Waals surface area contributed by atoms with Crippen LogP contribution in [0.4, 0.5) is 10.5 Å². The summed E-state index contributed by atoms with van der Waals surface area (Å²) in [5, 5.41) is 8.59. The van der Waals surface area contributed by atoms with Gasteiger partial charge < -0.3 is 10.6 Å². The fraction of sp³-hybridized carbons (Fsp3) is 0.429. The van der Waals surface area contributed by atoms with Crippen LogP contribution in [0.25, 0.3) is 0 Å². The molecule has 1 spiro atoms. The van der Waals surface area contributed by atoms with Gasteiger partial charge in [-0.3, -0.25) is 10.1 Å². The lowest BCUT2D eigenvalue weighted by atomic mass is 9.79. The first-order valence-electron chi connectivity index (χ1n) is 6.73. The molecule has 3 N–H and O–H groups in total. The molecule has 0 atom stereocenters. The first-order valence-corrected chi connectivity index (χ1v) is 7.52. The minimum Gasteiger partial charge on any atom is -0.382 e. The number of amides is 3. The second kappa shape index (κ2) is 5.09. The topological polar surface area (TPSA) is 70.2 Å². The Labute approximate surface area is 125 Å². The van der Waals surface area contributed by atoms with E-state index in [2.05, 4.69) is 31.9 Å². The zero-order chi connectivity index (χ0) is 14.2. The number of urea groups is 1. The fourth-order valence-electron chi connectivity index (χ4n) is 2.92. The number of carbonyl (C=O) groups excluding carboxylic acids is 2. The van der Waals surface area contributed by atoms with E-state index in [1.54, 1.807) is 0 Å². The Morgan fingerprint density at radius 1 is 1.15 bits per heavy atom. The molecule has 0 aromatic heterocycles. The number of carbonyl (C=O) groups is 2. The zero-order valence-electron chi connectivity index (χ0n) is 10.9. The lowest BCUT2D eigenvalue weighted by molar-refractivity contribution is -0.125. The maximum absolute atomic E-state index is 11.8. The van der Waals surface area contributed by atoms with E-state index in [-0.39, 0.29) is 11.9 Å². The van der Waals surface area contributed by atoms with Crippen molar-refractivity contribution in [2.75, 3.05) is 5.32 Å². The van der Waals surface area contributed by atoms with Gasteiger partial charge in [-0.1, -0.05) is 15.9 Å². The summed E-state index contributed by atoms with van der Waals surface area (Å²) in [6.45, 7) is 0. The average molecular weight is 338 g/mol. The fourth-order valence-corrected chi connectivity index (χ4v) is 3.18. The third-order valence-electron chi connectivity index (χ3n) is 4.07. The van der Waals surface area contributed by atoms with Crippen LogP contribution in [0.1, 0.15) is 25.7 Å². The predicted octanol–water partition coefficient (Wildman–Crippen LogP) is 2.38. The SMILES string of the molecule is O=C1NC(=O)C2(CCC(Nc3ccc(Br)cc3)CC2)N1. The number of halogens is 1. The molecule has 1 aromatic carbocycles. The van der Waals surface area contributed by atoms with Gasteiger partial charge in [0.25, 0.3) is 5.91 Å². The number of rotatable bonds is 2. The van der Waals surface area contributed by atoms with Crippen molar-refractivity contribution < 1.29 is 9.59 Å². The van der Waals surface area contributed by atoms with Crippen molar-refractivity contribution in [3.05, 3.63) is 28.7 Å². The average Bonchev–Trinajstić information content (AvgIpc) is 2.70. The van der Waals surface area contributed by atoms with Gasteiger partial charge >= 0.3 is 6.03 Å². The van der Waals surface area contributed by atoms with Crippen LogP contribution in [0.3, 0.4) is 0 Å². The second-order valence-corrected chi connectivity index (χ2v) is 6.33. The molecule has 1 heterocycles. The second-order valence-electron chi connectivity index (χ2n) is 5.42. The normalized spacial score (nSPS) is 29.1. The van der Waals surface area contributed by atoms with Crippen molar-refractivity contribution in [3.8, 4) is 0 Å². The van der Waals surface area contributed by atoms with E-state index in [4.69, 9.17) is 0 Å². The summed E-state index contributed by atoms with van der Waals surface area (Å²) in [7, 11) is 0. The molecule has 1 saturated carbocycles. The van der Waals surface area contributed by atoms with Crippen LogP contribution < -0.4 is 16.0 Å². The molecule has 0 radical (unpaired) electrons. The minimum atomic E-state index is -0.672. The molecule has 0 bridgehead atoms. The van der Waals surface area contributed by atoms with Gasteiger partial charge in [-0.25, -0.2) is 4.79 Å². The molecule has 0 unspecified atom stereocenters. The van der Waals surface area contributed by atoms with E-state index >= 15 is 0 Å². The van der Waals surface area contributed by atoms with Crippen molar-refractivity contribution in [1.29, 1.82) is 0 Å². The van der Waals surface area contributed by atoms with Crippen molar-refractivity contribution in [1.82, 2.24) is 10.6 Å². The Kier molecular flexibility index (Phi) is 3.41. The number of hydrogen-bond donors (Lipinski definition) is 3. The molecular formula is C14H16BrN3O2. The molecule has 3 rings (SSSR count). The molecule has 20 heavy (non-hydrogen) atoms. The third-order valence-corrected chi connectivity index (χ3v) is 4.60. The van der Waals surface area contributed by atoms with Gasteiger partial charge in [0.2, 0.25) is 0 Å². The van der Waals surface area contributed by atoms with Crippen LogP contribution >= 0.6 is 15.9 Å². The molecule has 1 aliphatic heterocycles. The zero-order valence-corrected chi connectivity index (χ0v) is 12.5. The first-order chi connectivity index (χ1) is 9.57. The van der Waals surface area contributed by atoms with E-state index in [9.17, 15) is 9.59 Å². The Morgan fingerprint density at radius 3 is 2.35 bits per heavy atom. The summed E-state index contributed by atoms with van der Waals surface area (Å²) < 4.78 is 1.05. The highest BCUT2D eigenvalue weighted by Gasteiger charge is 2.47. The Bertz CT molecular complexity index is 536. The highest BCUT2D eigenvalue weighted by Crippen LogP contribution is 2.32. The molecule has 1 aromatic rings. The van der Waals surface area contributed by atoms with Gasteiger partial charge in [0.15, 0.2) is 0 Å². The van der Waals surface area contributed by atoms with E-state index in [0.29, 0.717) is 18.9 Å². The molecule has 2 aliphatic rings. The number of anilines is 1. The Hall–Kier alpha value is -1.56. The predicted molar refractivity (Wildman–Crippen MR) is 79.4 cm³/mol. The van der Waals surface area contributed by atoms with E-state index in [1.807, 2.05) is 24.3 Å². The number of hydrogen-bond acceptors (Lipinski definition) is 3. The number of nitrogens with one attached hydrogen (secondary N) is 3. The molecule has 6 heteroatoms. The summed E-state index contributed by atoms with van der Waals surface area (Å²) in [6.07, 6.45) is 3.09. The standard InChI is InChI=1S/C14H16BrN3O2/c15-9-1-3-10(4-2-9)16-11-5-7-14(8-6-11)12(19)17-13(20)18-14/h1-4,11,16H,5-8H2,(H2,17,18,19,20). The van der Waals surface area contributed by atoms with Gasteiger partial charge in [0, 0.05) is 16.2 Å². The summed E-state index contributed by atoms with van der Waals surface area (Å²) in [4.78, 5) is 23.1. The van der Waals surface area contributed by atoms with Gasteiger partial charge in [-0.05, 0) is 49.9 Å². The van der Waals surface area contributed by atoms with Crippen LogP contribution in [0.2, 0.25) is 0 Å². The van der Waals surface area contributed by atoms with Crippen LogP contribution in [-0.2, 0) is 4.79 Å². The molecule has 3 amide bonds. The molecule has 1 aliphatic carbocycles. The molecular weight excluding hydrogens is 322 g/mol. The van der Waals surface area contributed by atoms with Crippen LogP contribution in [0.15, 0.2) is 28.7 Å². The van der Waals surface area contributed by atoms with E-state index in [1.165, 1.54) is 0 Å². The maximum atomic E-state index is 11.8. The van der Waals surface area contributed by atoms with Crippen LogP contribution in [0, 0.1) is 0 Å². The van der Waals surface area contributed by atoms with Gasteiger partial charge in [0.05, 0.1) is 0 Å². The lowest BCUT2D eigenvalue weighted by Crippen LogP contribution is -2.51. The van der Waals surface area contributed by atoms with Crippen molar-refractivity contribution >= 4 is 33.6 Å². The van der Waals surface area contributed by atoms with Crippen molar-refractivity contribution in [2.45, 2.75) is 37.3 Å². The van der Waals surface area contributed by atoms with E-state index < -0.39 is 5.54 Å². The summed E-state index contributed by atoms with van der Waals surface area (Å²) in [5.41, 5.74) is 0.406. The largest absolute Gasteiger partial charge is 0.382 e. The molecule has 5 nitrogen and oxygen atoms in total. The molecule has 106 valence electrons.